The fraction of sp³-hybridized carbons (Fsp3) is 0.368. The van der Waals surface area contributed by atoms with Crippen molar-refractivity contribution in [2.45, 2.75) is 17.1 Å². The molecule has 1 aromatic carbocycles. The molecule has 2 aliphatic rings. The van der Waals surface area contributed by atoms with Gasteiger partial charge in [0.05, 0.1) is 7.11 Å². The number of urea groups is 1. The van der Waals surface area contributed by atoms with Crippen LogP contribution in [0.4, 0.5) is 15.3 Å². The predicted molar refractivity (Wildman–Crippen MR) is 115 cm³/mol. The zero-order valence-electron chi connectivity index (χ0n) is 16.7. The second kappa shape index (κ2) is 9.16. The fourth-order valence-corrected chi connectivity index (χ4v) is 4.69. The van der Waals surface area contributed by atoms with E-state index >= 15 is 0 Å². The summed E-state index contributed by atoms with van der Waals surface area (Å²) in [6.45, 7) is 3.05. The van der Waals surface area contributed by atoms with E-state index in [0.717, 1.165) is 27.2 Å². The third kappa shape index (κ3) is 4.48. The Morgan fingerprint density at radius 3 is 2.65 bits per heavy atom. The monoisotopic (exact) mass is 464 g/mol. The van der Waals surface area contributed by atoms with Crippen LogP contribution in [0.5, 0.6) is 5.88 Å². The zero-order chi connectivity index (χ0) is 22.0. The minimum Gasteiger partial charge on any atom is -0.479 e. The van der Waals surface area contributed by atoms with Gasteiger partial charge in [0, 0.05) is 37.7 Å². The van der Waals surface area contributed by atoms with Crippen molar-refractivity contribution in [3.05, 3.63) is 41.2 Å². The number of carbonyl (C=O) groups is 2. The van der Waals surface area contributed by atoms with Crippen LogP contribution in [0.3, 0.4) is 0 Å². The largest absolute Gasteiger partial charge is 0.479 e. The van der Waals surface area contributed by atoms with Gasteiger partial charge in [0.1, 0.15) is 17.0 Å². The van der Waals surface area contributed by atoms with Gasteiger partial charge in [0.15, 0.2) is 0 Å². The molecule has 1 atom stereocenters. The molecule has 3 heterocycles. The molecule has 1 aromatic heterocycles. The zero-order valence-corrected chi connectivity index (χ0v) is 18.3. The molecule has 1 unspecified atom stereocenters. The Bertz CT molecular complexity index is 988. The number of hydrogen-bond acceptors (Lipinski definition) is 8. The highest BCUT2D eigenvalue weighted by atomic mass is 35.5. The summed E-state index contributed by atoms with van der Waals surface area (Å²) in [4.78, 5) is 37.9. The Kier molecular flexibility index (Phi) is 6.35. The van der Waals surface area contributed by atoms with E-state index in [4.69, 9.17) is 26.8 Å². The van der Waals surface area contributed by atoms with Gasteiger partial charge in [-0.1, -0.05) is 29.8 Å². The van der Waals surface area contributed by atoms with E-state index in [1.54, 1.807) is 4.90 Å². The molecule has 2 aliphatic heterocycles. The van der Waals surface area contributed by atoms with Crippen molar-refractivity contribution in [1.82, 2.24) is 19.8 Å². The SMILES string of the molecule is COc1ncnc2c1N(C(N)=O)C(OC(=O)N1CCN(Cc3ccccc3Cl)CC1)S2. The van der Waals surface area contributed by atoms with Crippen LogP contribution >= 0.6 is 23.4 Å². The molecule has 2 N–H and O–H groups in total. The van der Waals surface area contributed by atoms with E-state index in [0.29, 0.717) is 43.4 Å². The number of amides is 3. The van der Waals surface area contributed by atoms with E-state index in [1.165, 1.54) is 13.4 Å². The van der Waals surface area contributed by atoms with E-state index < -0.39 is 17.7 Å². The molecule has 0 aliphatic carbocycles. The Hall–Kier alpha value is -2.76. The standard InChI is InChI=1S/C19H21ClN6O4S/c1-29-15-14-16(23-11-22-15)31-19(26(14)17(21)27)30-18(28)25-8-6-24(7-9-25)10-12-4-2-3-5-13(12)20/h2-5,11,19H,6-10H2,1H3,(H2,21,27). The lowest BCUT2D eigenvalue weighted by atomic mass is 10.2. The fourth-order valence-electron chi connectivity index (χ4n) is 3.45. The normalized spacial score (nSPS) is 18.6. The van der Waals surface area contributed by atoms with Gasteiger partial charge in [-0.15, -0.1) is 0 Å². The molecule has 1 fully saturated rings. The maximum absolute atomic E-state index is 12.8. The van der Waals surface area contributed by atoms with E-state index in [-0.39, 0.29) is 5.88 Å². The Morgan fingerprint density at radius 2 is 1.97 bits per heavy atom. The first kappa shape index (κ1) is 21.5. The second-order valence-corrected chi connectivity index (χ2v) is 8.34. The van der Waals surface area contributed by atoms with Crippen LogP contribution in [0.25, 0.3) is 0 Å². The van der Waals surface area contributed by atoms with Crippen LogP contribution in [-0.4, -0.2) is 70.7 Å². The number of piperazine rings is 1. The number of halogens is 1. The van der Waals surface area contributed by atoms with Crippen LogP contribution in [-0.2, 0) is 11.3 Å². The first-order chi connectivity index (χ1) is 15.0. The molecular formula is C19H21ClN6O4S. The average Bonchev–Trinajstić information content (AvgIpc) is 3.14. The van der Waals surface area contributed by atoms with Crippen LogP contribution in [0.15, 0.2) is 35.6 Å². The van der Waals surface area contributed by atoms with E-state index in [2.05, 4.69) is 14.9 Å². The molecule has 2 aromatic rings. The molecule has 0 bridgehead atoms. The lowest BCUT2D eigenvalue weighted by molar-refractivity contribution is 0.0690. The van der Waals surface area contributed by atoms with Crippen molar-refractivity contribution in [3.63, 3.8) is 0 Å². The van der Waals surface area contributed by atoms with Gasteiger partial charge in [-0.2, -0.15) is 4.98 Å². The molecule has 164 valence electrons. The molecule has 12 heteroatoms. The van der Waals surface area contributed by atoms with Crippen LogP contribution < -0.4 is 15.4 Å². The van der Waals surface area contributed by atoms with Gasteiger partial charge < -0.3 is 20.1 Å². The first-order valence-electron chi connectivity index (χ1n) is 9.53. The number of thioether (sulfide) groups is 1. The number of aromatic nitrogens is 2. The topological polar surface area (TPSA) is 114 Å². The van der Waals surface area contributed by atoms with Gasteiger partial charge in [0.25, 0.3) is 0 Å². The number of fused-ring (bicyclic) bond motifs is 1. The number of anilines is 1. The summed E-state index contributed by atoms with van der Waals surface area (Å²) in [6, 6.07) is 6.92. The summed E-state index contributed by atoms with van der Waals surface area (Å²) in [5.41, 5.74) is 5.89. The summed E-state index contributed by atoms with van der Waals surface area (Å²) in [5.74, 6) is 0.183. The number of carbonyl (C=O) groups excluding carboxylic acids is 2. The highest BCUT2D eigenvalue weighted by Crippen LogP contribution is 2.46. The number of ether oxygens (including phenoxy) is 2. The van der Waals surface area contributed by atoms with E-state index in [9.17, 15) is 9.59 Å². The van der Waals surface area contributed by atoms with Gasteiger partial charge >= 0.3 is 12.1 Å². The van der Waals surface area contributed by atoms with Gasteiger partial charge in [-0.05, 0) is 23.4 Å². The Labute approximate surface area is 188 Å². The third-order valence-corrected chi connectivity index (χ3v) is 6.43. The molecule has 0 radical (unpaired) electrons. The average molecular weight is 465 g/mol. The molecule has 31 heavy (non-hydrogen) atoms. The minimum absolute atomic E-state index is 0.183. The van der Waals surface area contributed by atoms with E-state index in [1.807, 2.05) is 24.3 Å². The summed E-state index contributed by atoms with van der Waals surface area (Å²) in [7, 11) is 1.42. The summed E-state index contributed by atoms with van der Waals surface area (Å²) < 4.78 is 10.8. The van der Waals surface area contributed by atoms with Crippen LogP contribution in [0.2, 0.25) is 5.02 Å². The highest BCUT2D eigenvalue weighted by molar-refractivity contribution is 8.00. The number of hydrogen-bond donors (Lipinski definition) is 1. The lowest BCUT2D eigenvalue weighted by Crippen LogP contribution is -2.50. The van der Waals surface area contributed by atoms with Gasteiger partial charge in [-0.3, -0.25) is 4.90 Å². The minimum atomic E-state index is -0.980. The number of methoxy groups -OCH3 is 1. The number of primary amides is 1. The van der Waals surface area contributed by atoms with Gasteiger partial charge in [0.2, 0.25) is 11.4 Å². The molecule has 4 rings (SSSR count). The maximum atomic E-state index is 12.8. The number of rotatable bonds is 4. The number of nitrogens with zero attached hydrogens (tertiary/aromatic N) is 5. The smallest absolute Gasteiger partial charge is 0.412 e. The summed E-state index contributed by atoms with van der Waals surface area (Å²) in [6.07, 6.45) is 0.785. The van der Waals surface area contributed by atoms with Crippen molar-refractivity contribution in [2.24, 2.45) is 5.73 Å². The molecule has 0 spiro atoms. The Balaban J connectivity index is 1.37. The predicted octanol–water partition coefficient (Wildman–Crippen LogP) is 2.37. The summed E-state index contributed by atoms with van der Waals surface area (Å²) >= 11 is 7.34. The van der Waals surface area contributed by atoms with Crippen molar-refractivity contribution in [2.75, 3.05) is 38.2 Å². The van der Waals surface area contributed by atoms with Gasteiger partial charge in [-0.25, -0.2) is 19.5 Å². The number of benzene rings is 1. The molecule has 0 saturated carbocycles. The Morgan fingerprint density at radius 1 is 1.23 bits per heavy atom. The molecule has 10 nitrogen and oxygen atoms in total. The summed E-state index contributed by atoms with van der Waals surface area (Å²) in [5, 5.41) is 1.18. The molecule has 1 saturated heterocycles. The maximum Gasteiger partial charge on any atom is 0.412 e. The number of nitrogens with two attached hydrogens (primary N) is 1. The first-order valence-corrected chi connectivity index (χ1v) is 10.8. The quantitative estimate of drug-likeness (QED) is 0.686. The second-order valence-electron chi connectivity index (χ2n) is 6.91. The van der Waals surface area contributed by atoms with Crippen molar-refractivity contribution in [1.29, 1.82) is 0 Å². The molecular weight excluding hydrogens is 444 g/mol. The van der Waals surface area contributed by atoms with Crippen LogP contribution in [0, 0.1) is 0 Å². The lowest BCUT2D eigenvalue weighted by Gasteiger charge is -2.35. The highest BCUT2D eigenvalue weighted by Gasteiger charge is 2.41. The molecule has 3 amide bonds. The third-order valence-electron chi connectivity index (χ3n) is 5.03. The van der Waals surface area contributed by atoms with Crippen LogP contribution in [0.1, 0.15) is 5.56 Å². The van der Waals surface area contributed by atoms with Crippen molar-refractivity contribution < 1.29 is 19.1 Å². The van der Waals surface area contributed by atoms with Crippen molar-refractivity contribution >= 4 is 41.2 Å². The van der Waals surface area contributed by atoms with Crippen molar-refractivity contribution in [3.8, 4) is 5.88 Å².